The predicted molar refractivity (Wildman–Crippen MR) is 158 cm³/mol. The Bertz CT molecular complexity index is 1340. The van der Waals surface area contributed by atoms with Crippen molar-refractivity contribution in [1.29, 1.82) is 0 Å². The second kappa shape index (κ2) is 13.4. The van der Waals surface area contributed by atoms with Crippen molar-refractivity contribution in [3.05, 3.63) is 89.6 Å². The van der Waals surface area contributed by atoms with Gasteiger partial charge in [0, 0.05) is 61.4 Å². The number of methoxy groups -OCH3 is 1. The Morgan fingerprint density at radius 1 is 1.00 bits per heavy atom. The summed E-state index contributed by atoms with van der Waals surface area (Å²) in [4.78, 5) is 22.2. The third-order valence-electron chi connectivity index (χ3n) is 8.26. The molecule has 9 heteroatoms. The molecule has 1 aliphatic carbocycles. The fraction of sp³-hybridized carbons (Fsp3) is 0.394. The average molecular weight is 579 g/mol. The SMILES string of the molecule is COc1cc(Nc2ccc(CN(C(=O)/C=C/c3ccc(C(F)(F)F)cc3)C3CCN(C4CCCC4)CC3)cc2)ccn1. The van der Waals surface area contributed by atoms with Gasteiger partial charge in [-0.3, -0.25) is 4.79 Å². The number of amides is 1. The molecule has 0 spiro atoms. The number of hydrogen-bond acceptors (Lipinski definition) is 5. The number of benzene rings is 2. The van der Waals surface area contributed by atoms with Crippen molar-refractivity contribution in [3.63, 3.8) is 0 Å². The number of likely N-dealkylation sites (tertiary alicyclic amines) is 1. The molecule has 2 heterocycles. The van der Waals surface area contributed by atoms with Gasteiger partial charge in [-0.2, -0.15) is 13.2 Å². The van der Waals surface area contributed by atoms with Crippen LogP contribution in [-0.4, -0.2) is 53.0 Å². The van der Waals surface area contributed by atoms with Crippen LogP contribution in [0, 0.1) is 0 Å². The van der Waals surface area contributed by atoms with Crippen LogP contribution >= 0.6 is 0 Å². The quantitative estimate of drug-likeness (QED) is 0.270. The van der Waals surface area contributed by atoms with E-state index in [1.54, 1.807) is 19.4 Å². The summed E-state index contributed by atoms with van der Waals surface area (Å²) in [6.45, 7) is 2.40. The Morgan fingerprint density at radius 2 is 1.69 bits per heavy atom. The van der Waals surface area contributed by atoms with Crippen LogP contribution in [0.3, 0.4) is 0 Å². The minimum absolute atomic E-state index is 0.0921. The molecule has 1 N–H and O–H groups in total. The molecule has 3 aromatic rings. The van der Waals surface area contributed by atoms with E-state index in [-0.39, 0.29) is 11.9 Å². The third kappa shape index (κ3) is 7.70. The Labute approximate surface area is 245 Å². The van der Waals surface area contributed by atoms with Crippen LogP contribution in [0.5, 0.6) is 5.88 Å². The summed E-state index contributed by atoms with van der Waals surface area (Å²) >= 11 is 0. The standard InChI is InChI=1S/C33H37F3N4O2/c1-42-31-22-28(16-19-37-31)38-27-13-8-25(9-14-27)23-40(30-17-20-39(21-18-30)29-4-2-3-5-29)32(41)15-10-24-6-11-26(12-7-24)33(34,35)36/h6-16,19,22,29-30H,2-5,17-18,20-21,23H2,1H3,(H,37,38)/b15-10+. The molecule has 6 nitrogen and oxygen atoms in total. The smallest absolute Gasteiger partial charge is 0.416 e. The molecule has 5 rings (SSSR count). The van der Waals surface area contributed by atoms with Gasteiger partial charge in [0.15, 0.2) is 0 Å². The number of anilines is 2. The Hall–Kier alpha value is -3.85. The van der Waals surface area contributed by atoms with Gasteiger partial charge < -0.3 is 19.9 Å². The Kier molecular flexibility index (Phi) is 9.47. The van der Waals surface area contributed by atoms with E-state index in [2.05, 4.69) is 15.2 Å². The van der Waals surface area contributed by atoms with Gasteiger partial charge in [0.2, 0.25) is 11.8 Å². The molecule has 2 aliphatic rings. The van der Waals surface area contributed by atoms with E-state index in [1.807, 2.05) is 41.3 Å². The molecule has 1 amide bonds. The van der Waals surface area contributed by atoms with E-state index >= 15 is 0 Å². The summed E-state index contributed by atoms with van der Waals surface area (Å²) in [5.41, 5.74) is 2.60. The minimum atomic E-state index is -4.39. The van der Waals surface area contributed by atoms with Crippen LogP contribution in [0.1, 0.15) is 55.2 Å². The molecular weight excluding hydrogens is 541 g/mol. The lowest BCUT2D eigenvalue weighted by Gasteiger charge is -2.40. The van der Waals surface area contributed by atoms with Crippen LogP contribution in [0.25, 0.3) is 6.08 Å². The summed E-state index contributed by atoms with van der Waals surface area (Å²) in [7, 11) is 1.57. The molecule has 0 bridgehead atoms. The molecule has 0 atom stereocenters. The molecule has 42 heavy (non-hydrogen) atoms. The topological polar surface area (TPSA) is 57.7 Å². The van der Waals surface area contributed by atoms with Gasteiger partial charge in [0.25, 0.3) is 0 Å². The largest absolute Gasteiger partial charge is 0.481 e. The van der Waals surface area contributed by atoms with Gasteiger partial charge in [0.1, 0.15) is 0 Å². The number of pyridine rings is 1. The van der Waals surface area contributed by atoms with Gasteiger partial charge in [-0.25, -0.2) is 4.98 Å². The number of nitrogens with one attached hydrogen (secondary N) is 1. The van der Waals surface area contributed by atoms with Crippen LogP contribution < -0.4 is 10.1 Å². The molecule has 222 valence electrons. The molecule has 0 unspecified atom stereocenters. The Morgan fingerprint density at radius 3 is 2.33 bits per heavy atom. The van der Waals surface area contributed by atoms with Gasteiger partial charge >= 0.3 is 6.18 Å². The van der Waals surface area contributed by atoms with Gasteiger partial charge in [-0.1, -0.05) is 37.1 Å². The van der Waals surface area contributed by atoms with Crippen LogP contribution in [0.15, 0.2) is 72.9 Å². The average Bonchev–Trinajstić information content (AvgIpc) is 3.55. The van der Waals surface area contributed by atoms with Crippen molar-refractivity contribution in [2.24, 2.45) is 0 Å². The number of hydrogen-bond donors (Lipinski definition) is 1. The highest BCUT2D eigenvalue weighted by Gasteiger charge is 2.32. The van der Waals surface area contributed by atoms with E-state index in [4.69, 9.17) is 4.74 Å². The summed E-state index contributed by atoms with van der Waals surface area (Å²) in [5.74, 6) is 0.384. The number of carbonyl (C=O) groups excluding carboxylic acids is 1. The molecule has 1 saturated carbocycles. The molecule has 2 fully saturated rings. The van der Waals surface area contributed by atoms with Crippen molar-refractivity contribution in [1.82, 2.24) is 14.8 Å². The third-order valence-corrected chi connectivity index (χ3v) is 8.26. The van der Waals surface area contributed by atoms with E-state index < -0.39 is 11.7 Å². The lowest BCUT2D eigenvalue weighted by atomic mass is 9.99. The zero-order valence-electron chi connectivity index (χ0n) is 23.8. The van der Waals surface area contributed by atoms with Crippen LogP contribution in [0.2, 0.25) is 0 Å². The fourth-order valence-electron chi connectivity index (χ4n) is 5.92. The maximum atomic E-state index is 13.6. The molecule has 1 aliphatic heterocycles. The second-order valence-electron chi connectivity index (χ2n) is 11.0. The fourth-order valence-corrected chi connectivity index (χ4v) is 5.92. The summed E-state index contributed by atoms with van der Waals surface area (Å²) in [5, 5.41) is 3.34. The van der Waals surface area contributed by atoms with Gasteiger partial charge in [0.05, 0.1) is 12.7 Å². The first-order valence-electron chi connectivity index (χ1n) is 14.5. The number of piperidine rings is 1. The maximum absolute atomic E-state index is 13.6. The summed E-state index contributed by atoms with van der Waals surface area (Å²) in [6, 6.07) is 17.3. The Balaban J connectivity index is 1.28. The highest BCUT2D eigenvalue weighted by Crippen LogP contribution is 2.30. The van der Waals surface area contributed by atoms with Gasteiger partial charge in [-0.05, 0) is 73.2 Å². The monoisotopic (exact) mass is 578 g/mol. The van der Waals surface area contributed by atoms with E-state index in [1.165, 1.54) is 43.9 Å². The molecule has 0 radical (unpaired) electrons. The van der Waals surface area contributed by atoms with Crippen molar-refractivity contribution in [2.45, 2.75) is 63.3 Å². The summed E-state index contributed by atoms with van der Waals surface area (Å²) < 4.78 is 44.0. The van der Waals surface area contributed by atoms with Gasteiger partial charge in [-0.15, -0.1) is 0 Å². The first-order chi connectivity index (χ1) is 20.3. The zero-order chi connectivity index (χ0) is 29.5. The van der Waals surface area contributed by atoms with Crippen LogP contribution in [0.4, 0.5) is 24.5 Å². The number of nitrogens with zero attached hydrogens (tertiary/aromatic N) is 3. The first-order valence-corrected chi connectivity index (χ1v) is 14.5. The minimum Gasteiger partial charge on any atom is -0.481 e. The number of alkyl halides is 3. The number of halogens is 3. The lowest BCUT2D eigenvalue weighted by Crippen LogP contribution is -2.48. The number of carbonyl (C=O) groups is 1. The lowest BCUT2D eigenvalue weighted by molar-refractivity contribution is -0.137. The summed E-state index contributed by atoms with van der Waals surface area (Å²) in [6.07, 6.45) is 7.28. The molecule has 1 saturated heterocycles. The van der Waals surface area contributed by atoms with E-state index in [9.17, 15) is 18.0 Å². The zero-order valence-corrected chi connectivity index (χ0v) is 23.8. The predicted octanol–water partition coefficient (Wildman–Crippen LogP) is 7.30. The van der Waals surface area contributed by atoms with E-state index in [0.29, 0.717) is 24.0 Å². The van der Waals surface area contributed by atoms with Crippen molar-refractivity contribution in [3.8, 4) is 5.88 Å². The number of rotatable bonds is 9. The highest BCUT2D eigenvalue weighted by molar-refractivity contribution is 5.92. The van der Waals surface area contributed by atoms with E-state index in [0.717, 1.165) is 55.0 Å². The normalized spacial score (nSPS) is 17.0. The molecular formula is C33H37F3N4O2. The van der Waals surface area contributed by atoms with Crippen molar-refractivity contribution >= 4 is 23.4 Å². The molecule has 2 aromatic carbocycles. The molecule has 1 aromatic heterocycles. The van der Waals surface area contributed by atoms with Crippen molar-refractivity contribution in [2.75, 3.05) is 25.5 Å². The number of ether oxygens (including phenoxy) is 1. The van der Waals surface area contributed by atoms with Crippen LogP contribution in [-0.2, 0) is 17.5 Å². The second-order valence-corrected chi connectivity index (χ2v) is 11.0. The first kappa shape index (κ1) is 29.6. The van der Waals surface area contributed by atoms with Crippen molar-refractivity contribution < 1.29 is 22.7 Å². The number of aromatic nitrogens is 1. The highest BCUT2D eigenvalue weighted by atomic mass is 19.4. The maximum Gasteiger partial charge on any atom is 0.416 e.